The van der Waals surface area contributed by atoms with Gasteiger partial charge >= 0.3 is 0 Å². The Hall–Kier alpha value is -5.17. The van der Waals surface area contributed by atoms with Crippen LogP contribution in [0.5, 0.6) is 0 Å². The van der Waals surface area contributed by atoms with Crippen molar-refractivity contribution < 1.29 is 24.1 Å². The summed E-state index contributed by atoms with van der Waals surface area (Å²) < 4.78 is 21.0. The summed E-state index contributed by atoms with van der Waals surface area (Å²) in [7, 11) is 0. The van der Waals surface area contributed by atoms with Crippen LogP contribution in [0.1, 0.15) is 34.1 Å². The fourth-order valence-electron chi connectivity index (χ4n) is 5.64. The number of hydrogen-bond donors (Lipinski definition) is 2. The Morgan fingerprint density at radius 2 is 1.65 bits per heavy atom. The number of ether oxygens (including phenoxy) is 3. The van der Waals surface area contributed by atoms with Gasteiger partial charge in [-0.1, -0.05) is 84.0 Å². The van der Waals surface area contributed by atoms with E-state index in [0.717, 1.165) is 11.1 Å². The molecule has 0 radical (unpaired) electrons. The Morgan fingerprint density at radius 3 is 2.33 bits per heavy atom. The summed E-state index contributed by atoms with van der Waals surface area (Å²) in [4.78, 5) is 29.3. The quantitative estimate of drug-likeness (QED) is 0.103. The van der Waals surface area contributed by atoms with E-state index in [2.05, 4.69) is 30.3 Å². The number of carbonyl (C=O) groups is 1. The predicted molar refractivity (Wildman–Crippen MR) is 168 cm³/mol. The summed E-state index contributed by atoms with van der Waals surface area (Å²) in [6.07, 6.45) is 1.17. The third-order valence-corrected chi connectivity index (χ3v) is 7.83. The average Bonchev–Trinajstić information content (AvgIpc) is 3.65. The van der Waals surface area contributed by atoms with E-state index in [4.69, 9.17) is 14.2 Å². The number of aliphatic hydroxyl groups is 1. The number of fused-ring (bicyclic) bond motifs is 1. The molecule has 0 spiro atoms. The van der Waals surface area contributed by atoms with Crippen LogP contribution in [0.4, 0.5) is 5.82 Å². The molecule has 1 aliphatic rings. The summed E-state index contributed by atoms with van der Waals surface area (Å²) in [5.74, 6) is -0.147. The number of anilines is 1. The maximum Gasteiger partial charge on any atom is 0.256 e. The van der Waals surface area contributed by atoms with Crippen molar-refractivity contribution in [3.63, 3.8) is 0 Å². The van der Waals surface area contributed by atoms with Crippen molar-refractivity contribution in [2.45, 2.75) is 43.6 Å². The molecular weight excluding hydrogens is 588 g/mol. The van der Waals surface area contributed by atoms with Crippen molar-refractivity contribution in [1.29, 1.82) is 0 Å². The zero-order chi connectivity index (χ0) is 31.8. The van der Waals surface area contributed by atoms with Crippen LogP contribution in [0.2, 0.25) is 0 Å². The number of nitrogens with zero attached hydrogens (tertiary/aromatic N) is 7. The van der Waals surface area contributed by atoms with Gasteiger partial charge in [0.15, 0.2) is 17.0 Å². The van der Waals surface area contributed by atoms with Gasteiger partial charge in [0.2, 0.25) is 0 Å². The van der Waals surface area contributed by atoms with Crippen LogP contribution >= 0.6 is 0 Å². The molecule has 0 saturated carbocycles. The Morgan fingerprint density at radius 1 is 0.978 bits per heavy atom. The van der Waals surface area contributed by atoms with Gasteiger partial charge in [0.1, 0.15) is 30.3 Å². The highest BCUT2D eigenvalue weighted by atomic mass is 16.6. The largest absolute Gasteiger partial charge is 0.396 e. The zero-order valence-electron chi connectivity index (χ0n) is 24.8. The van der Waals surface area contributed by atoms with E-state index >= 15 is 0 Å². The van der Waals surface area contributed by atoms with Crippen LogP contribution in [0.15, 0.2) is 109 Å². The molecule has 4 atom stereocenters. The SMILES string of the molecule is [N-]=[N+]=N[C@H]1[C@H](n2cnc3c(NC(=O)c4ccccc4)ncnc32)O[C@](CCO)(COCc2ccccc2)[C@H]1OCc1ccccc1. The minimum atomic E-state index is -1.21. The summed E-state index contributed by atoms with van der Waals surface area (Å²) in [5.41, 5.74) is 11.5. The van der Waals surface area contributed by atoms with Crippen LogP contribution < -0.4 is 5.32 Å². The molecule has 13 nitrogen and oxygen atoms in total. The topological polar surface area (TPSA) is 169 Å². The molecule has 46 heavy (non-hydrogen) atoms. The lowest BCUT2D eigenvalue weighted by molar-refractivity contribution is -0.163. The molecule has 2 N–H and O–H groups in total. The molecule has 13 heteroatoms. The van der Waals surface area contributed by atoms with Crippen molar-refractivity contribution >= 4 is 22.9 Å². The van der Waals surface area contributed by atoms with Gasteiger partial charge in [-0.25, -0.2) is 15.0 Å². The van der Waals surface area contributed by atoms with Crippen LogP contribution in [0.3, 0.4) is 0 Å². The minimum Gasteiger partial charge on any atom is -0.396 e. The Balaban J connectivity index is 1.35. The summed E-state index contributed by atoms with van der Waals surface area (Å²) in [6.45, 7) is 0.298. The maximum atomic E-state index is 12.9. The number of hydrogen-bond acceptors (Lipinski definition) is 9. The molecule has 0 aliphatic carbocycles. The lowest BCUT2D eigenvalue weighted by atomic mass is 9.91. The number of amides is 1. The molecule has 5 aromatic rings. The monoisotopic (exact) mass is 620 g/mol. The average molecular weight is 621 g/mol. The second-order valence-corrected chi connectivity index (χ2v) is 10.8. The Kier molecular flexibility index (Phi) is 9.58. The number of nitrogens with one attached hydrogen (secondary N) is 1. The van der Waals surface area contributed by atoms with Crippen molar-refractivity contribution in [3.8, 4) is 0 Å². The highest BCUT2D eigenvalue weighted by Crippen LogP contribution is 2.44. The first-order chi connectivity index (χ1) is 22.6. The number of benzene rings is 3. The van der Waals surface area contributed by atoms with Gasteiger partial charge in [-0.05, 0) is 28.8 Å². The van der Waals surface area contributed by atoms with Gasteiger partial charge in [-0.15, -0.1) is 0 Å². The standard InChI is InChI=1S/C33H32N8O5/c34-40-39-26-28(45-19-24-12-6-2-7-13-24)33(16-17-42,20-44-18-23-10-4-1-5-11-23)46-32(26)41-22-37-27-29(35-21-36-30(27)41)38-31(43)25-14-8-3-9-15-25/h1-15,21-22,26,28,32,42H,16-20H2,(H,35,36,38,43)/t26-,28+,32-,33-/m1/s1. The molecule has 1 saturated heterocycles. The number of aliphatic hydroxyl groups excluding tert-OH is 1. The van der Waals surface area contributed by atoms with Gasteiger partial charge in [0, 0.05) is 23.5 Å². The highest BCUT2D eigenvalue weighted by Gasteiger charge is 2.56. The molecule has 0 unspecified atom stereocenters. The third kappa shape index (κ3) is 6.59. The first kappa shape index (κ1) is 30.8. The van der Waals surface area contributed by atoms with Crippen LogP contribution in [-0.2, 0) is 27.4 Å². The van der Waals surface area contributed by atoms with Crippen LogP contribution in [-0.4, -0.2) is 61.5 Å². The predicted octanol–water partition coefficient (Wildman–Crippen LogP) is 5.21. The van der Waals surface area contributed by atoms with Crippen molar-refractivity contribution in [2.24, 2.45) is 5.11 Å². The summed E-state index contributed by atoms with van der Waals surface area (Å²) in [5, 5.41) is 17.2. The smallest absolute Gasteiger partial charge is 0.256 e. The van der Waals surface area contributed by atoms with E-state index in [1.54, 1.807) is 28.8 Å². The molecule has 6 rings (SSSR count). The first-order valence-corrected chi connectivity index (χ1v) is 14.8. The number of azide groups is 1. The van der Waals surface area contributed by atoms with Crippen LogP contribution in [0, 0.1) is 0 Å². The second-order valence-electron chi connectivity index (χ2n) is 10.8. The van der Waals surface area contributed by atoms with Gasteiger partial charge in [0.05, 0.1) is 26.1 Å². The van der Waals surface area contributed by atoms with E-state index in [-0.39, 0.29) is 38.0 Å². The summed E-state index contributed by atoms with van der Waals surface area (Å²) >= 11 is 0. The lowest BCUT2D eigenvalue weighted by Gasteiger charge is -2.34. The molecule has 234 valence electrons. The lowest BCUT2D eigenvalue weighted by Crippen LogP contribution is -2.48. The van der Waals surface area contributed by atoms with Crippen LogP contribution in [0.25, 0.3) is 21.6 Å². The number of rotatable bonds is 13. The van der Waals surface area contributed by atoms with Gasteiger partial charge in [-0.3, -0.25) is 9.36 Å². The second kappa shape index (κ2) is 14.3. The molecule has 3 heterocycles. The minimum absolute atomic E-state index is 0.0376. The van der Waals surface area contributed by atoms with Gasteiger partial charge in [0.25, 0.3) is 5.91 Å². The summed E-state index contributed by atoms with van der Waals surface area (Å²) in [6, 6.07) is 27.1. The third-order valence-electron chi connectivity index (χ3n) is 7.83. The zero-order valence-corrected chi connectivity index (χ0v) is 24.8. The molecular formula is C33H32N8O5. The molecule has 1 aliphatic heterocycles. The van der Waals surface area contributed by atoms with E-state index in [9.17, 15) is 15.4 Å². The van der Waals surface area contributed by atoms with E-state index in [1.165, 1.54) is 12.7 Å². The fourth-order valence-corrected chi connectivity index (χ4v) is 5.64. The van der Waals surface area contributed by atoms with E-state index < -0.39 is 24.0 Å². The molecule has 1 amide bonds. The Bertz CT molecular complexity index is 1800. The molecule has 0 bridgehead atoms. The van der Waals surface area contributed by atoms with Crippen molar-refractivity contribution in [1.82, 2.24) is 19.5 Å². The van der Waals surface area contributed by atoms with Gasteiger partial charge < -0.3 is 24.6 Å². The maximum absolute atomic E-state index is 12.9. The number of imidazole rings is 1. The fraction of sp³-hybridized carbons (Fsp3) is 0.273. The molecule has 1 fully saturated rings. The first-order valence-electron chi connectivity index (χ1n) is 14.8. The van der Waals surface area contributed by atoms with Crippen molar-refractivity contribution in [2.75, 3.05) is 18.5 Å². The van der Waals surface area contributed by atoms with E-state index in [1.807, 2.05) is 66.7 Å². The Labute approximate surface area is 264 Å². The number of carbonyl (C=O) groups excluding carboxylic acids is 1. The number of aromatic nitrogens is 4. The van der Waals surface area contributed by atoms with Gasteiger partial charge in [-0.2, -0.15) is 0 Å². The molecule has 2 aromatic heterocycles. The van der Waals surface area contributed by atoms with E-state index in [0.29, 0.717) is 23.3 Å². The highest BCUT2D eigenvalue weighted by molar-refractivity contribution is 6.06. The normalized spacial score (nSPS) is 20.8. The molecule has 3 aromatic carbocycles. The van der Waals surface area contributed by atoms with Crippen molar-refractivity contribution in [3.05, 3.63) is 131 Å².